The first-order chi connectivity index (χ1) is 22.6. The van der Waals surface area contributed by atoms with Gasteiger partial charge in [0.15, 0.2) is 11.5 Å². The van der Waals surface area contributed by atoms with E-state index in [0.717, 1.165) is 60.4 Å². The van der Waals surface area contributed by atoms with Gasteiger partial charge in [-0.15, -0.1) is 0 Å². The van der Waals surface area contributed by atoms with Gasteiger partial charge in [-0.25, -0.2) is 0 Å². The molecule has 2 aliphatic heterocycles. The van der Waals surface area contributed by atoms with Gasteiger partial charge in [0.1, 0.15) is 0 Å². The Morgan fingerprint density at radius 3 is 2.21 bits per heavy atom. The van der Waals surface area contributed by atoms with Crippen molar-refractivity contribution < 1.29 is 19.1 Å². The molecule has 9 heteroatoms. The summed E-state index contributed by atoms with van der Waals surface area (Å²) in [6.45, 7) is 7.33. The van der Waals surface area contributed by atoms with E-state index in [-0.39, 0.29) is 24.0 Å². The minimum atomic E-state index is -0.494. The molecule has 2 atom stereocenters. The number of hydrogen-bond donors (Lipinski definition) is 1. The molecule has 6 rings (SSSR count). The first-order valence-electron chi connectivity index (χ1n) is 16.8. The van der Waals surface area contributed by atoms with Crippen molar-refractivity contribution in [3.63, 3.8) is 0 Å². The summed E-state index contributed by atoms with van der Waals surface area (Å²) in [4.78, 5) is 32.7. The summed E-state index contributed by atoms with van der Waals surface area (Å²) in [6.07, 6.45) is 4.61. The quantitative estimate of drug-likeness (QED) is 0.293. The predicted molar refractivity (Wildman–Crippen MR) is 187 cm³/mol. The maximum Gasteiger partial charge on any atom is 0.236 e. The van der Waals surface area contributed by atoms with Gasteiger partial charge < -0.3 is 24.6 Å². The number of piperazine rings is 1. The number of methoxy groups -OCH3 is 1. The molecule has 2 heterocycles. The fourth-order valence-corrected chi connectivity index (χ4v) is 7.61. The normalized spacial score (nSPS) is 23.3. The Hall–Kier alpha value is -3.75. The summed E-state index contributed by atoms with van der Waals surface area (Å²) < 4.78 is 11.9. The Kier molecular flexibility index (Phi) is 9.99. The fraction of sp³-hybridized carbons (Fsp3) is 0.474. The average molecular weight is 659 g/mol. The molecule has 1 saturated carbocycles. The second-order valence-corrected chi connectivity index (χ2v) is 14.1. The Morgan fingerprint density at radius 1 is 0.915 bits per heavy atom. The number of carbonyl (C=O) groups excluding carboxylic acids is 2. The molecule has 3 aromatic rings. The van der Waals surface area contributed by atoms with Crippen LogP contribution in [0.15, 0.2) is 60.7 Å². The van der Waals surface area contributed by atoms with Crippen molar-refractivity contribution >= 4 is 29.1 Å². The van der Waals surface area contributed by atoms with Crippen molar-refractivity contribution in [2.75, 3.05) is 52.3 Å². The van der Waals surface area contributed by atoms with E-state index in [1.165, 1.54) is 12.8 Å². The van der Waals surface area contributed by atoms with E-state index < -0.39 is 5.92 Å². The molecule has 0 spiro atoms. The molecule has 1 saturated heterocycles. The number of nitrogens with zero attached hydrogens (tertiary/aromatic N) is 3. The summed E-state index contributed by atoms with van der Waals surface area (Å²) in [6, 6.07) is 20.2. The van der Waals surface area contributed by atoms with Gasteiger partial charge in [-0.05, 0) is 104 Å². The number of anilines is 1. The minimum absolute atomic E-state index is 0.0351. The maximum absolute atomic E-state index is 13.9. The Bertz CT molecular complexity index is 1570. The Labute approximate surface area is 284 Å². The third-order valence-electron chi connectivity index (χ3n) is 10.1. The molecule has 2 amide bonds. The van der Waals surface area contributed by atoms with Crippen LogP contribution in [0.25, 0.3) is 0 Å². The van der Waals surface area contributed by atoms with Gasteiger partial charge >= 0.3 is 0 Å². The van der Waals surface area contributed by atoms with E-state index in [0.29, 0.717) is 35.0 Å². The van der Waals surface area contributed by atoms with Gasteiger partial charge in [0.25, 0.3) is 0 Å². The monoisotopic (exact) mass is 658 g/mol. The van der Waals surface area contributed by atoms with E-state index in [2.05, 4.69) is 46.4 Å². The number of carbonyl (C=O) groups is 2. The molecular formula is C38H47ClN4O4. The summed E-state index contributed by atoms with van der Waals surface area (Å²) >= 11 is 6.20. The third-order valence-corrected chi connectivity index (χ3v) is 10.4. The Balaban J connectivity index is 1.19. The van der Waals surface area contributed by atoms with Crippen LogP contribution in [-0.4, -0.2) is 81.1 Å². The SMILES string of the molecule is COc1cc2c(cc1OC(C)C)C(c1ccc(Cl)cc1)NC(=O)C2c1ccc(N(C)CC2CCC(N3CCN(C)C(=O)C3)CC2)cc1. The molecule has 0 aromatic heterocycles. The predicted octanol–water partition coefficient (Wildman–Crippen LogP) is 6.26. The molecule has 0 radical (unpaired) electrons. The van der Waals surface area contributed by atoms with Crippen LogP contribution in [0.4, 0.5) is 5.69 Å². The van der Waals surface area contributed by atoms with Gasteiger partial charge in [0.05, 0.1) is 31.7 Å². The van der Waals surface area contributed by atoms with Crippen LogP contribution in [0.1, 0.15) is 73.7 Å². The van der Waals surface area contributed by atoms with Crippen LogP contribution in [0.5, 0.6) is 11.5 Å². The largest absolute Gasteiger partial charge is 0.493 e. The molecule has 0 bridgehead atoms. The summed E-state index contributed by atoms with van der Waals surface area (Å²) in [7, 11) is 5.69. The van der Waals surface area contributed by atoms with E-state index in [9.17, 15) is 9.59 Å². The molecule has 1 aliphatic carbocycles. The van der Waals surface area contributed by atoms with E-state index >= 15 is 0 Å². The highest BCUT2D eigenvalue weighted by molar-refractivity contribution is 6.30. The lowest BCUT2D eigenvalue weighted by Crippen LogP contribution is -2.53. The second-order valence-electron chi connectivity index (χ2n) is 13.7. The number of fused-ring (bicyclic) bond motifs is 1. The number of likely N-dealkylation sites (N-methyl/N-ethyl adjacent to an activating group) is 1. The van der Waals surface area contributed by atoms with Crippen molar-refractivity contribution in [1.82, 2.24) is 15.1 Å². The lowest BCUT2D eigenvalue weighted by atomic mass is 9.79. The van der Waals surface area contributed by atoms with E-state index in [4.69, 9.17) is 21.1 Å². The summed E-state index contributed by atoms with van der Waals surface area (Å²) in [5.41, 5.74) is 4.89. The Morgan fingerprint density at radius 2 is 1.57 bits per heavy atom. The van der Waals surface area contributed by atoms with Crippen molar-refractivity contribution in [1.29, 1.82) is 0 Å². The van der Waals surface area contributed by atoms with Crippen LogP contribution in [0, 0.1) is 5.92 Å². The van der Waals surface area contributed by atoms with Crippen molar-refractivity contribution in [2.24, 2.45) is 5.92 Å². The summed E-state index contributed by atoms with van der Waals surface area (Å²) in [5.74, 6) is 1.56. The highest BCUT2D eigenvalue weighted by Gasteiger charge is 2.37. The topological polar surface area (TPSA) is 74.4 Å². The third kappa shape index (κ3) is 7.24. The highest BCUT2D eigenvalue weighted by Crippen LogP contribution is 2.44. The molecule has 2 unspecified atom stereocenters. The minimum Gasteiger partial charge on any atom is -0.493 e. The number of halogens is 1. The fourth-order valence-electron chi connectivity index (χ4n) is 7.49. The first kappa shape index (κ1) is 33.2. The smallest absolute Gasteiger partial charge is 0.236 e. The van der Waals surface area contributed by atoms with E-state index in [1.54, 1.807) is 7.11 Å². The zero-order chi connectivity index (χ0) is 33.2. The number of hydrogen-bond acceptors (Lipinski definition) is 6. The second kappa shape index (κ2) is 14.2. The zero-order valence-corrected chi connectivity index (χ0v) is 28.9. The van der Waals surface area contributed by atoms with Crippen LogP contribution >= 0.6 is 11.6 Å². The van der Waals surface area contributed by atoms with Gasteiger partial charge in [-0.3, -0.25) is 14.5 Å². The molecule has 3 aromatic carbocycles. The van der Waals surface area contributed by atoms with Crippen LogP contribution in [0.3, 0.4) is 0 Å². The molecule has 1 N–H and O–H groups in total. The first-order valence-corrected chi connectivity index (χ1v) is 17.2. The number of nitrogens with one attached hydrogen (secondary N) is 1. The van der Waals surface area contributed by atoms with Crippen LogP contribution in [-0.2, 0) is 9.59 Å². The average Bonchev–Trinajstić information content (AvgIpc) is 3.06. The van der Waals surface area contributed by atoms with Crippen molar-refractivity contribution in [2.45, 2.75) is 63.6 Å². The molecule has 2 fully saturated rings. The van der Waals surface area contributed by atoms with Crippen molar-refractivity contribution in [3.8, 4) is 11.5 Å². The lowest BCUT2D eigenvalue weighted by Gasteiger charge is -2.41. The number of amides is 2. The highest BCUT2D eigenvalue weighted by atomic mass is 35.5. The molecule has 8 nitrogen and oxygen atoms in total. The van der Waals surface area contributed by atoms with Crippen LogP contribution < -0.4 is 19.7 Å². The number of rotatable bonds is 9. The van der Waals surface area contributed by atoms with Crippen LogP contribution in [0.2, 0.25) is 5.02 Å². The maximum atomic E-state index is 13.9. The number of benzene rings is 3. The van der Waals surface area contributed by atoms with E-state index in [1.807, 2.05) is 62.2 Å². The molecular weight excluding hydrogens is 612 g/mol. The molecule has 250 valence electrons. The lowest BCUT2D eigenvalue weighted by molar-refractivity contribution is -0.135. The van der Waals surface area contributed by atoms with Gasteiger partial charge in [-0.1, -0.05) is 35.9 Å². The van der Waals surface area contributed by atoms with Gasteiger partial charge in [-0.2, -0.15) is 0 Å². The molecule has 3 aliphatic rings. The van der Waals surface area contributed by atoms with Gasteiger partial charge in [0, 0.05) is 50.5 Å². The van der Waals surface area contributed by atoms with Gasteiger partial charge in [0.2, 0.25) is 11.8 Å². The molecule has 47 heavy (non-hydrogen) atoms. The number of ether oxygens (including phenoxy) is 2. The summed E-state index contributed by atoms with van der Waals surface area (Å²) in [5, 5.41) is 3.93. The van der Waals surface area contributed by atoms with Crippen molar-refractivity contribution in [3.05, 3.63) is 87.9 Å². The zero-order valence-electron chi connectivity index (χ0n) is 28.2. The standard InChI is InChI=1S/C38H47ClN4O4/c1-24(2)47-34-21-32-31(20-33(34)46-5)36(38(45)40-37(32)27-8-12-28(39)13-9-27)26-10-16-29(17-11-26)42(4)22-25-6-14-30(15-7-25)43-19-18-41(3)35(44)23-43/h8-13,16-17,20-21,24-25,30,36-37H,6-7,14-15,18-19,22-23H2,1-5H3,(H,40,45).